The normalized spacial score (nSPS) is 22.3. The molecule has 0 fully saturated rings. The van der Waals surface area contributed by atoms with Crippen molar-refractivity contribution in [3.63, 3.8) is 0 Å². The van der Waals surface area contributed by atoms with Gasteiger partial charge < -0.3 is 25.2 Å². The van der Waals surface area contributed by atoms with Gasteiger partial charge in [-0.3, -0.25) is 9.59 Å². The number of rotatable bonds is 7. The standard InChI is InChI=1S/C27H29FN2O5/c1-16(2)13-23(32)30(15-17-7-9-18(28)10-8-17)21-14-20(27(34)29-11-12-31)24-19-5-3-4-6-22(19)35-26(24)25(21)33/h3-10,13-14,21,24-26,31,33H,11-12,15H2,1-2H3,(H,29,34)/t21-,24+,25+,26+/m1/s1. The fraction of sp³-hybridized carbons (Fsp3) is 0.333. The highest BCUT2D eigenvalue weighted by Gasteiger charge is 2.50. The number of hydrogen-bond acceptors (Lipinski definition) is 5. The number of nitrogens with one attached hydrogen (secondary N) is 1. The smallest absolute Gasteiger partial charge is 0.247 e. The van der Waals surface area contributed by atoms with Crippen LogP contribution in [0, 0.1) is 5.82 Å². The van der Waals surface area contributed by atoms with Crippen LogP contribution in [0.25, 0.3) is 0 Å². The molecule has 35 heavy (non-hydrogen) atoms. The maximum absolute atomic E-state index is 13.5. The topological polar surface area (TPSA) is 99.1 Å². The van der Waals surface area contributed by atoms with Crippen molar-refractivity contribution in [1.29, 1.82) is 0 Å². The Morgan fingerprint density at radius 1 is 1.14 bits per heavy atom. The highest BCUT2D eigenvalue weighted by atomic mass is 19.1. The van der Waals surface area contributed by atoms with E-state index in [0.29, 0.717) is 16.9 Å². The van der Waals surface area contributed by atoms with Gasteiger partial charge >= 0.3 is 0 Å². The second kappa shape index (κ2) is 10.4. The summed E-state index contributed by atoms with van der Waals surface area (Å²) in [5.41, 5.74) is 2.59. The number of fused-ring (bicyclic) bond motifs is 3. The third-order valence-corrected chi connectivity index (χ3v) is 6.20. The molecule has 4 atom stereocenters. The number of carbonyl (C=O) groups excluding carboxylic acids is 2. The van der Waals surface area contributed by atoms with E-state index in [0.717, 1.165) is 11.1 Å². The molecule has 2 amide bonds. The maximum Gasteiger partial charge on any atom is 0.247 e. The van der Waals surface area contributed by atoms with Crippen molar-refractivity contribution in [2.24, 2.45) is 0 Å². The molecule has 4 rings (SSSR count). The first-order valence-electron chi connectivity index (χ1n) is 11.5. The van der Waals surface area contributed by atoms with Crippen molar-refractivity contribution < 1.29 is 28.9 Å². The number of aliphatic hydroxyl groups is 2. The molecule has 0 bridgehead atoms. The van der Waals surface area contributed by atoms with Crippen LogP contribution in [0.3, 0.4) is 0 Å². The van der Waals surface area contributed by atoms with Crippen molar-refractivity contribution in [2.45, 2.75) is 44.6 Å². The minimum absolute atomic E-state index is 0.0687. The Labute approximate surface area is 203 Å². The third-order valence-electron chi connectivity index (χ3n) is 6.20. The zero-order chi connectivity index (χ0) is 25.1. The van der Waals surface area contributed by atoms with Gasteiger partial charge in [0.05, 0.1) is 18.6 Å². The van der Waals surface area contributed by atoms with E-state index in [1.807, 2.05) is 18.2 Å². The number of ether oxygens (including phenoxy) is 1. The molecule has 0 radical (unpaired) electrons. The van der Waals surface area contributed by atoms with Gasteiger partial charge in [-0.05, 0) is 43.7 Å². The largest absolute Gasteiger partial charge is 0.486 e. The van der Waals surface area contributed by atoms with E-state index < -0.39 is 35.9 Å². The number of nitrogens with zero attached hydrogens (tertiary/aromatic N) is 1. The van der Waals surface area contributed by atoms with Crippen LogP contribution < -0.4 is 10.1 Å². The van der Waals surface area contributed by atoms with Gasteiger partial charge in [-0.2, -0.15) is 0 Å². The molecule has 1 aliphatic heterocycles. The summed E-state index contributed by atoms with van der Waals surface area (Å²) in [5.74, 6) is -1.09. The van der Waals surface area contributed by atoms with Gasteiger partial charge in [0.25, 0.3) is 0 Å². The van der Waals surface area contributed by atoms with Crippen LogP contribution in [0.15, 0.2) is 71.8 Å². The summed E-state index contributed by atoms with van der Waals surface area (Å²) in [6.45, 7) is 3.53. The minimum Gasteiger partial charge on any atom is -0.486 e. The lowest BCUT2D eigenvalue weighted by Crippen LogP contribution is -2.55. The highest BCUT2D eigenvalue weighted by molar-refractivity contribution is 5.96. The molecule has 8 heteroatoms. The number of carbonyl (C=O) groups is 2. The summed E-state index contributed by atoms with van der Waals surface area (Å²) >= 11 is 0. The van der Waals surface area contributed by atoms with Crippen LogP contribution in [0.2, 0.25) is 0 Å². The first-order chi connectivity index (χ1) is 16.8. The van der Waals surface area contributed by atoms with E-state index in [2.05, 4.69) is 5.32 Å². The van der Waals surface area contributed by atoms with E-state index >= 15 is 0 Å². The van der Waals surface area contributed by atoms with E-state index in [1.54, 1.807) is 38.1 Å². The molecule has 2 aliphatic rings. The van der Waals surface area contributed by atoms with Crippen LogP contribution >= 0.6 is 0 Å². The summed E-state index contributed by atoms with van der Waals surface area (Å²) in [6, 6.07) is 12.2. The second-order valence-electron chi connectivity index (χ2n) is 8.99. The van der Waals surface area contributed by atoms with Crippen LogP contribution in [-0.4, -0.2) is 58.3 Å². The van der Waals surface area contributed by atoms with Crippen LogP contribution in [0.1, 0.15) is 30.9 Å². The number of para-hydroxylation sites is 1. The van der Waals surface area contributed by atoms with Crippen molar-refractivity contribution in [2.75, 3.05) is 13.2 Å². The molecule has 1 aliphatic carbocycles. The number of halogens is 1. The molecule has 0 spiro atoms. The van der Waals surface area contributed by atoms with Gasteiger partial charge in [0, 0.05) is 30.3 Å². The van der Waals surface area contributed by atoms with Crippen molar-refractivity contribution in [3.05, 3.63) is 88.8 Å². The first-order valence-corrected chi connectivity index (χ1v) is 11.5. The van der Waals surface area contributed by atoms with Crippen molar-refractivity contribution in [3.8, 4) is 5.75 Å². The molecule has 2 aromatic carbocycles. The fourth-order valence-electron chi connectivity index (χ4n) is 4.64. The number of amides is 2. The van der Waals surface area contributed by atoms with Crippen LogP contribution in [0.5, 0.6) is 5.75 Å². The molecule has 184 valence electrons. The molecular formula is C27H29FN2O5. The Kier molecular flexibility index (Phi) is 7.33. The van der Waals surface area contributed by atoms with Gasteiger partial charge in [-0.1, -0.05) is 35.9 Å². The van der Waals surface area contributed by atoms with Crippen LogP contribution in [-0.2, 0) is 16.1 Å². The van der Waals surface area contributed by atoms with E-state index in [9.17, 15) is 24.2 Å². The van der Waals surface area contributed by atoms with Gasteiger partial charge in [0.2, 0.25) is 11.8 Å². The molecule has 7 nitrogen and oxygen atoms in total. The Morgan fingerprint density at radius 3 is 2.54 bits per heavy atom. The predicted molar refractivity (Wildman–Crippen MR) is 128 cm³/mol. The molecule has 0 unspecified atom stereocenters. The lowest BCUT2D eigenvalue weighted by Gasteiger charge is -2.40. The minimum atomic E-state index is -1.13. The fourth-order valence-corrected chi connectivity index (χ4v) is 4.64. The Bertz CT molecular complexity index is 1160. The molecule has 1 heterocycles. The molecule has 3 N–H and O–H groups in total. The van der Waals surface area contributed by atoms with E-state index in [4.69, 9.17) is 4.74 Å². The van der Waals surface area contributed by atoms with Gasteiger partial charge in [-0.15, -0.1) is 0 Å². The van der Waals surface area contributed by atoms with Crippen molar-refractivity contribution in [1.82, 2.24) is 10.2 Å². The van der Waals surface area contributed by atoms with Crippen molar-refractivity contribution >= 4 is 11.8 Å². The monoisotopic (exact) mass is 480 g/mol. The number of allylic oxidation sites excluding steroid dienone is 1. The number of aliphatic hydroxyl groups excluding tert-OH is 2. The Morgan fingerprint density at radius 2 is 1.86 bits per heavy atom. The Hall–Kier alpha value is -3.49. The van der Waals surface area contributed by atoms with Gasteiger partial charge in [0.1, 0.15) is 23.8 Å². The molecule has 0 aromatic heterocycles. The zero-order valence-corrected chi connectivity index (χ0v) is 19.6. The molecular weight excluding hydrogens is 451 g/mol. The average molecular weight is 481 g/mol. The number of benzene rings is 2. The van der Waals surface area contributed by atoms with Crippen LogP contribution in [0.4, 0.5) is 4.39 Å². The summed E-state index contributed by atoms with van der Waals surface area (Å²) in [6.07, 6.45) is 1.17. The van der Waals surface area contributed by atoms with E-state index in [-0.39, 0.29) is 25.6 Å². The molecule has 2 aromatic rings. The lowest BCUT2D eigenvalue weighted by molar-refractivity contribution is -0.133. The first kappa shape index (κ1) is 24.6. The summed E-state index contributed by atoms with van der Waals surface area (Å²) in [4.78, 5) is 27.9. The summed E-state index contributed by atoms with van der Waals surface area (Å²) in [7, 11) is 0. The SMILES string of the molecule is CC(C)=CC(=O)N(Cc1ccc(F)cc1)[C@@H]1C=C(C(=O)NCCO)[C@@H]2c3ccccc3O[C@@H]2[C@H]1O. The van der Waals surface area contributed by atoms with Gasteiger partial charge in [-0.25, -0.2) is 4.39 Å². The quantitative estimate of drug-likeness (QED) is 0.529. The molecule has 0 saturated heterocycles. The summed E-state index contributed by atoms with van der Waals surface area (Å²) in [5, 5.41) is 23.3. The summed E-state index contributed by atoms with van der Waals surface area (Å²) < 4.78 is 19.6. The number of hydrogen-bond donors (Lipinski definition) is 3. The maximum atomic E-state index is 13.5. The zero-order valence-electron chi connectivity index (χ0n) is 19.6. The second-order valence-corrected chi connectivity index (χ2v) is 8.99. The lowest BCUT2D eigenvalue weighted by atomic mass is 9.77. The average Bonchev–Trinajstić information content (AvgIpc) is 3.22. The van der Waals surface area contributed by atoms with Gasteiger partial charge in [0.15, 0.2) is 0 Å². The van der Waals surface area contributed by atoms with E-state index in [1.165, 1.54) is 23.1 Å². The third kappa shape index (κ3) is 5.13. The highest BCUT2D eigenvalue weighted by Crippen LogP contribution is 2.47. The predicted octanol–water partition coefficient (Wildman–Crippen LogP) is 2.44. The molecule has 0 saturated carbocycles. The Balaban J connectivity index is 1.77.